The average molecular weight is 332 g/mol. The van der Waals surface area contributed by atoms with E-state index in [1.54, 1.807) is 30.0 Å². The molecule has 0 radical (unpaired) electrons. The molecule has 0 unspecified atom stereocenters. The summed E-state index contributed by atoms with van der Waals surface area (Å²) in [6.07, 6.45) is 4.19. The second-order valence-corrected chi connectivity index (χ2v) is 5.52. The van der Waals surface area contributed by atoms with Crippen molar-refractivity contribution in [2.45, 2.75) is 19.8 Å². The molecule has 0 aliphatic carbocycles. The van der Waals surface area contributed by atoms with Gasteiger partial charge < -0.3 is 9.64 Å². The van der Waals surface area contributed by atoms with E-state index < -0.39 is 4.92 Å². The molecule has 7 nitrogen and oxygen atoms in total. The highest BCUT2D eigenvalue weighted by molar-refractivity contribution is 5.92. The number of esters is 1. The minimum Gasteiger partial charge on any atom is -0.466 e. The molecule has 1 aliphatic heterocycles. The summed E-state index contributed by atoms with van der Waals surface area (Å²) in [5, 5.41) is 11.0. The van der Waals surface area contributed by atoms with Crippen LogP contribution in [0.3, 0.4) is 0 Å². The van der Waals surface area contributed by atoms with Crippen LogP contribution >= 0.6 is 0 Å². The third-order valence-corrected chi connectivity index (χ3v) is 3.89. The normalized spacial score (nSPS) is 17.7. The molecule has 1 aliphatic rings. The Hall–Kier alpha value is -2.70. The molecular weight excluding hydrogens is 312 g/mol. The Bertz CT molecular complexity index is 656. The number of carbonyl (C=O) groups excluding carboxylic acids is 2. The van der Waals surface area contributed by atoms with Crippen molar-refractivity contribution >= 4 is 23.6 Å². The van der Waals surface area contributed by atoms with Crippen LogP contribution in [0, 0.1) is 16.0 Å². The van der Waals surface area contributed by atoms with Crippen molar-refractivity contribution in [3.8, 4) is 0 Å². The number of amides is 1. The van der Waals surface area contributed by atoms with Gasteiger partial charge in [0.15, 0.2) is 0 Å². The fraction of sp³-hybridized carbons (Fsp3) is 0.412. The molecular formula is C17H20N2O5. The molecule has 0 spiro atoms. The van der Waals surface area contributed by atoms with E-state index in [0.717, 1.165) is 6.42 Å². The highest BCUT2D eigenvalue weighted by Gasteiger charge is 2.28. The Kier molecular flexibility index (Phi) is 6.06. The molecule has 0 saturated carbocycles. The number of piperidine rings is 1. The number of rotatable bonds is 5. The number of ether oxygens (including phenoxy) is 1. The first-order valence-corrected chi connectivity index (χ1v) is 7.90. The zero-order valence-electron chi connectivity index (χ0n) is 13.5. The van der Waals surface area contributed by atoms with Gasteiger partial charge in [-0.2, -0.15) is 0 Å². The van der Waals surface area contributed by atoms with Crippen LogP contribution in [0.1, 0.15) is 25.3 Å². The molecule has 2 rings (SSSR count). The topological polar surface area (TPSA) is 89.8 Å². The maximum absolute atomic E-state index is 12.3. The molecule has 0 N–H and O–H groups in total. The first-order chi connectivity index (χ1) is 11.5. The monoisotopic (exact) mass is 332 g/mol. The fourth-order valence-corrected chi connectivity index (χ4v) is 2.69. The third kappa shape index (κ3) is 4.41. The molecule has 1 aromatic rings. The Labute approximate surface area is 140 Å². The van der Waals surface area contributed by atoms with Crippen LogP contribution in [0.2, 0.25) is 0 Å². The Balaban J connectivity index is 2.04. The Morgan fingerprint density at radius 1 is 1.42 bits per heavy atom. The lowest BCUT2D eigenvalue weighted by molar-refractivity contribution is -0.385. The van der Waals surface area contributed by atoms with Gasteiger partial charge in [0.2, 0.25) is 5.91 Å². The summed E-state index contributed by atoms with van der Waals surface area (Å²) in [5.74, 6) is -0.845. The van der Waals surface area contributed by atoms with Gasteiger partial charge in [-0.15, -0.1) is 0 Å². The van der Waals surface area contributed by atoms with Crippen LogP contribution in [0.15, 0.2) is 30.3 Å². The maximum Gasteiger partial charge on any atom is 0.310 e. The first kappa shape index (κ1) is 17.7. The van der Waals surface area contributed by atoms with Crippen LogP contribution < -0.4 is 0 Å². The smallest absolute Gasteiger partial charge is 0.310 e. The molecule has 0 bridgehead atoms. The predicted molar refractivity (Wildman–Crippen MR) is 88.1 cm³/mol. The highest BCUT2D eigenvalue weighted by atomic mass is 16.6. The molecule has 1 aromatic carbocycles. The standard InChI is InChI=1S/C17H20N2O5/c1-2-24-17(21)14-7-5-11-18(12-14)16(20)10-9-13-6-3-4-8-15(13)19(22)23/h3-4,6,8-10,14H,2,5,7,11-12H2,1H3/b10-9+/t14-/m0/s1. The number of nitro groups is 1. The van der Waals surface area contributed by atoms with E-state index in [9.17, 15) is 19.7 Å². The molecule has 1 atom stereocenters. The van der Waals surface area contributed by atoms with Crippen molar-refractivity contribution in [3.63, 3.8) is 0 Å². The summed E-state index contributed by atoms with van der Waals surface area (Å²) in [7, 11) is 0. The van der Waals surface area contributed by atoms with E-state index in [-0.39, 0.29) is 23.5 Å². The number of hydrogen-bond acceptors (Lipinski definition) is 5. The second-order valence-electron chi connectivity index (χ2n) is 5.52. The van der Waals surface area contributed by atoms with Gasteiger partial charge >= 0.3 is 5.97 Å². The summed E-state index contributed by atoms with van der Waals surface area (Å²) in [6.45, 7) is 2.95. The highest BCUT2D eigenvalue weighted by Crippen LogP contribution is 2.21. The molecule has 1 amide bonds. The van der Waals surface area contributed by atoms with Crippen molar-refractivity contribution in [1.82, 2.24) is 4.90 Å². The zero-order chi connectivity index (χ0) is 17.5. The number of carbonyl (C=O) groups is 2. The van der Waals surface area contributed by atoms with Crippen LogP contribution in [-0.4, -0.2) is 41.4 Å². The average Bonchev–Trinajstić information content (AvgIpc) is 2.60. The van der Waals surface area contributed by atoms with Crippen molar-refractivity contribution < 1.29 is 19.2 Å². The number of likely N-dealkylation sites (tertiary alicyclic amines) is 1. The molecule has 24 heavy (non-hydrogen) atoms. The summed E-state index contributed by atoms with van der Waals surface area (Å²) in [5.41, 5.74) is 0.319. The molecule has 0 aromatic heterocycles. The molecule has 1 heterocycles. The molecule has 128 valence electrons. The second kappa shape index (κ2) is 8.24. The number of para-hydroxylation sites is 1. The number of benzene rings is 1. The minimum absolute atomic E-state index is 0.0513. The zero-order valence-corrected chi connectivity index (χ0v) is 13.5. The van der Waals surface area contributed by atoms with Crippen LogP contribution in [0.5, 0.6) is 0 Å². The quantitative estimate of drug-likeness (QED) is 0.357. The van der Waals surface area contributed by atoms with Crippen molar-refractivity contribution in [1.29, 1.82) is 0 Å². The predicted octanol–water partition coefficient (Wildman–Crippen LogP) is 2.41. The number of nitrogens with zero attached hydrogens (tertiary/aromatic N) is 2. The van der Waals surface area contributed by atoms with E-state index in [4.69, 9.17) is 4.74 Å². The van der Waals surface area contributed by atoms with Gasteiger partial charge in [-0.3, -0.25) is 19.7 Å². The Morgan fingerprint density at radius 3 is 2.88 bits per heavy atom. The van der Waals surface area contributed by atoms with Gasteiger partial charge in [0.1, 0.15) is 0 Å². The summed E-state index contributed by atoms with van der Waals surface area (Å²) in [6, 6.07) is 6.22. The SMILES string of the molecule is CCOC(=O)[C@H]1CCCN(C(=O)/C=C/c2ccccc2[N+](=O)[O-])C1. The number of nitro benzene ring substituents is 1. The van der Waals surface area contributed by atoms with E-state index >= 15 is 0 Å². The minimum atomic E-state index is -0.484. The lowest BCUT2D eigenvalue weighted by atomic mass is 9.98. The lowest BCUT2D eigenvalue weighted by Gasteiger charge is -2.30. The van der Waals surface area contributed by atoms with Crippen molar-refractivity contribution in [3.05, 3.63) is 46.0 Å². The number of hydrogen-bond donors (Lipinski definition) is 0. The van der Waals surface area contributed by atoms with Crippen molar-refractivity contribution in [2.24, 2.45) is 5.92 Å². The van der Waals surface area contributed by atoms with Gasteiger partial charge in [0.05, 0.1) is 23.0 Å². The van der Waals surface area contributed by atoms with E-state index in [1.165, 1.54) is 18.2 Å². The summed E-state index contributed by atoms with van der Waals surface area (Å²) >= 11 is 0. The molecule has 1 saturated heterocycles. The van der Waals surface area contributed by atoms with E-state index in [2.05, 4.69) is 0 Å². The molecule has 1 fully saturated rings. The maximum atomic E-state index is 12.3. The van der Waals surface area contributed by atoms with Gasteiger partial charge in [0, 0.05) is 25.2 Å². The van der Waals surface area contributed by atoms with Gasteiger partial charge in [0.25, 0.3) is 5.69 Å². The Morgan fingerprint density at radius 2 is 2.17 bits per heavy atom. The molecule has 7 heteroatoms. The van der Waals surface area contributed by atoms with Gasteiger partial charge in [-0.25, -0.2) is 0 Å². The van der Waals surface area contributed by atoms with Crippen LogP contribution in [-0.2, 0) is 14.3 Å². The van der Waals surface area contributed by atoms with Gasteiger partial charge in [-0.05, 0) is 31.9 Å². The van der Waals surface area contributed by atoms with Crippen LogP contribution in [0.4, 0.5) is 5.69 Å². The van der Waals surface area contributed by atoms with Gasteiger partial charge in [-0.1, -0.05) is 12.1 Å². The summed E-state index contributed by atoms with van der Waals surface area (Å²) in [4.78, 5) is 36.2. The summed E-state index contributed by atoms with van der Waals surface area (Å²) < 4.78 is 5.01. The van der Waals surface area contributed by atoms with Crippen LogP contribution in [0.25, 0.3) is 6.08 Å². The first-order valence-electron chi connectivity index (χ1n) is 7.90. The van der Waals surface area contributed by atoms with Crippen molar-refractivity contribution in [2.75, 3.05) is 19.7 Å². The van der Waals surface area contributed by atoms with E-state index in [0.29, 0.717) is 31.7 Å². The lowest BCUT2D eigenvalue weighted by Crippen LogP contribution is -2.42. The fourth-order valence-electron chi connectivity index (χ4n) is 2.69. The van der Waals surface area contributed by atoms with E-state index in [1.807, 2.05) is 0 Å². The third-order valence-electron chi connectivity index (χ3n) is 3.89. The largest absolute Gasteiger partial charge is 0.466 e.